The predicted octanol–water partition coefficient (Wildman–Crippen LogP) is 4.45. The van der Waals surface area contributed by atoms with Crippen molar-refractivity contribution in [1.82, 2.24) is 4.31 Å². The zero-order chi connectivity index (χ0) is 20.3. The molecular formula is C19H20F2N2O3S2. The lowest BCUT2D eigenvalue weighted by molar-refractivity contribution is -0.0498. The van der Waals surface area contributed by atoms with Gasteiger partial charge in [0, 0.05) is 23.3 Å². The average molecular weight is 427 g/mol. The second kappa shape index (κ2) is 8.40. The second-order valence-corrected chi connectivity index (χ2v) is 9.45. The molecule has 1 atom stereocenters. The molecule has 1 aliphatic heterocycles. The monoisotopic (exact) mass is 426 g/mol. The van der Waals surface area contributed by atoms with E-state index in [0.717, 1.165) is 16.7 Å². The number of rotatable bonds is 7. The highest BCUT2D eigenvalue weighted by Gasteiger charge is 2.35. The lowest BCUT2D eigenvalue weighted by atomic mass is 10.2. The minimum Gasteiger partial charge on any atom is -0.435 e. The Morgan fingerprint density at radius 2 is 1.79 bits per heavy atom. The number of hydrogen-bond acceptors (Lipinski definition) is 5. The molecule has 2 aromatic rings. The first-order valence-corrected chi connectivity index (χ1v) is 11.2. The lowest BCUT2D eigenvalue weighted by Crippen LogP contribution is -2.44. The van der Waals surface area contributed by atoms with Gasteiger partial charge < -0.3 is 9.64 Å². The van der Waals surface area contributed by atoms with Gasteiger partial charge in [0.2, 0.25) is 10.0 Å². The summed E-state index contributed by atoms with van der Waals surface area (Å²) in [5.41, 5.74) is 1.17. The van der Waals surface area contributed by atoms with Crippen LogP contribution >= 0.6 is 11.8 Å². The minimum atomic E-state index is -3.48. The van der Waals surface area contributed by atoms with Crippen LogP contribution in [0.15, 0.2) is 65.7 Å². The van der Waals surface area contributed by atoms with Crippen LogP contribution in [0.3, 0.4) is 0 Å². The number of halogens is 2. The fourth-order valence-electron chi connectivity index (χ4n) is 2.85. The molecule has 0 N–H and O–H groups in total. The van der Waals surface area contributed by atoms with Gasteiger partial charge in [-0.1, -0.05) is 42.1 Å². The van der Waals surface area contributed by atoms with E-state index in [1.165, 1.54) is 28.2 Å². The first-order valence-electron chi connectivity index (χ1n) is 8.43. The topological polar surface area (TPSA) is 49.9 Å². The largest absolute Gasteiger partial charge is 0.435 e. The van der Waals surface area contributed by atoms with Crippen LogP contribution in [0.25, 0.3) is 0 Å². The fourth-order valence-corrected chi connectivity index (χ4v) is 5.30. The third-order valence-electron chi connectivity index (χ3n) is 4.06. The molecule has 0 aliphatic carbocycles. The third kappa shape index (κ3) is 4.96. The zero-order valence-electron chi connectivity index (χ0n) is 15.3. The Morgan fingerprint density at radius 1 is 1.14 bits per heavy atom. The standard InChI is InChI=1S/C19H20F2N2O3S2/c1-14-12-23(28(2,24)25)19(27-14)22(13-15-6-4-3-5-7-15)16-8-10-17(11-9-16)26-18(20)21/h3-12,18-19H,13H2,1-2H3. The average Bonchev–Trinajstić information content (AvgIpc) is 3.03. The van der Waals surface area contributed by atoms with Crippen LogP contribution in [0.2, 0.25) is 0 Å². The Bertz CT molecular complexity index is 935. The van der Waals surface area contributed by atoms with Gasteiger partial charge in [0.1, 0.15) is 5.75 Å². The van der Waals surface area contributed by atoms with Gasteiger partial charge >= 0.3 is 6.61 Å². The fraction of sp³-hybridized carbons (Fsp3) is 0.263. The van der Waals surface area contributed by atoms with Crippen LogP contribution in [0.1, 0.15) is 12.5 Å². The normalized spacial score (nSPS) is 17.0. The third-order valence-corrected chi connectivity index (χ3v) is 6.43. The van der Waals surface area contributed by atoms with E-state index in [9.17, 15) is 17.2 Å². The summed E-state index contributed by atoms with van der Waals surface area (Å²) >= 11 is 1.42. The Labute approximate surface area is 167 Å². The van der Waals surface area contributed by atoms with Crippen LogP contribution in [0.5, 0.6) is 5.75 Å². The summed E-state index contributed by atoms with van der Waals surface area (Å²) in [6.45, 7) is -0.603. The van der Waals surface area contributed by atoms with Gasteiger partial charge in [0.15, 0.2) is 5.50 Å². The summed E-state index contributed by atoms with van der Waals surface area (Å²) in [5.74, 6) is 0.0479. The molecule has 150 valence electrons. The van der Waals surface area contributed by atoms with Crippen LogP contribution in [0, 0.1) is 0 Å². The van der Waals surface area contributed by atoms with Crippen molar-refractivity contribution in [3.63, 3.8) is 0 Å². The van der Waals surface area contributed by atoms with Gasteiger partial charge in [-0.25, -0.2) is 12.7 Å². The second-order valence-electron chi connectivity index (χ2n) is 6.26. The van der Waals surface area contributed by atoms with E-state index in [0.29, 0.717) is 12.2 Å². The highest BCUT2D eigenvalue weighted by atomic mass is 32.2. The molecule has 28 heavy (non-hydrogen) atoms. The SMILES string of the molecule is CC1=CN(S(C)(=O)=O)C(N(Cc2ccccc2)c2ccc(OC(F)F)cc2)S1. The van der Waals surface area contributed by atoms with Crippen molar-refractivity contribution in [3.05, 3.63) is 71.3 Å². The molecule has 0 aromatic heterocycles. The van der Waals surface area contributed by atoms with E-state index >= 15 is 0 Å². The van der Waals surface area contributed by atoms with Crippen LogP contribution < -0.4 is 9.64 Å². The number of sulfonamides is 1. The molecule has 0 fully saturated rings. The maximum absolute atomic E-state index is 12.4. The Morgan fingerprint density at radius 3 is 2.36 bits per heavy atom. The van der Waals surface area contributed by atoms with E-state index in [4.69, 9.17) is 0 Å². The molecular weight excluding hydrogens is 406 g/mol. The van der Waals surface area contributed by atoms with Crippen LogP contribution in [-0.2, 0) is 16.6 Å². The highest BCUT2D eigenvalue weighted by molar-refractivity contribution is 8.04. The van der Waals surface area contributed by atoms with Gasteiger partial charge in [-0.15, -0.1) is 0 Å². The van der Waals surface area contributed by atoms with E-state index in [2.05, 4.69) is 4.74 Å². The smallest absolute Gasteiger partial charge is 0.387 e. The van der Waals surface area contributed by atoms with Gasteiger partial charge in [0.25, 0.3) is 0 Å². The van der Waals surface area contributed by atoms with Crippen LogP contribution in [0.4, 0.5) is 14.5 Å². The molecule has 3 rings (SSSR count). The minimum absolute atomic E-state index is 0.0479. The molecule has 2 aromatic carbocycles. The maximum atomic E-state index is 12.4. The molecule has 9 heteroatoms. The molecule has 1 unspecified atom stereocenters. The maximum Gasteiger partial charge on any atom is 0.387 e. The van der Waals surface area contributed by atoms with Gasteiger partial charge in [0.05, 0.1) is 6.26 Å². The molecule has 0 saturated carbocycles. The summed E-state index contributed by atoms with van der Waals surface area (Å²) < 4.78 is 55.2. The van der Waals surface area contributed by atoms with Crippen molar-refractivity contribution in [1.29, 1.82) is 0 Å². The first kappa shape index (κ1) is 20.5. The van der Waals surface area contributed by atoms with Crippen molar-refractivity contribution in [2.75, 3.05) is 11.2 Å². The van der Waals surface area contributed by atoms with Crippen molar-refractivity contribution in [2.45, 2.75) is 25.6 Å². The number of alkyl halides is 2. The van der Waals surface area contributed by atoms with Gasteiger partial charge in [-0.3, -0.25) is 0 Å². The molecule has 5 nitrogen and oxygen atoms in total. The van der Waals surface area contributed by atoms with E-state index in [1.54, 1.807) is 18.3 Å². The van der Waals surface area contributed by atoms with Gasteiger partial charge in [-0.2, -0.15) is 8.78 Å². The van der Waals surface area contributed by atoms with E-state index in [1.807, 2.05) is 42.2 Å². The molecule has 0 bridgehead atoms. The number of anilines is 1. The summed E-state index contributed by atoms with van der Waals surface area (Å²) in [4.78, 5) is 2.78. The van der Waals surface area contributed by atoms with E-state index in [-0.39, 0.29) is 5.75 Å². The number of thioether (sulfide) groups is 1. The molecule has 0 spiro atoms. The lowest BCUT2D eigenvalue weighted by Gasteiger charge is -2.35. The molecule has 0 radical (unpaired) electrons. The number of nitrogens with zero attached hydrogens (tertiary/aromatic N) is 2. The Hall–Kier alpha value is -2.26. The van der Waals surface area contributed by atoms with Crippen LogP contribution in [-0.4, -0.2) is 31.1 Å². The molecule has 0 amide bonds. The number of benzene rings is 2. The molecule has 1 heterocycles. The van der Waals surface area contributed by atoms with E-state index < -0.39 is 22.1 Å². The van der Waals surface area contributed by atoms with Crippen molar-refractivity contribution >= 4 is 27.5 Å². The summed E-state index contributed by atoms with van der Waals surface area (Å²) in [6, 6.07) is 15.8. The summed E-state index contributed by atoms with van der Waals surface area (Å²) in [7, 11) is -3.48. The molecule has 0 saturated heterocycles. The summed E-state index contributed by atoms with van der Waals surface area (Å²) in [5, 5.41) is 0. The Balaban J connectivity index is 1.96. The molecule has 1 aliphatic rings. The zero-order valence-corrected chi connectivity index (χ0v) is 17.0. The van der Waals surface area contributed by atoms with Crippen molar-refractivity contribution < 1.29 is 21.9 Å². The first-order chi connectivity index (χ1) is 13.2. The van der Waals surface area contributed by atoms with Crippen molar-refractivity contribution in [3.8, 4) is 5.75 Å². The van der Waals surface area contributed by atoms with Gasteiger partial charge in [-0.05, 0) is 36.8 Å². The highest BCUT2D eigenvalue weighted by Crippen LogP contribution is 2.39. The predicted molar refractivity (Wildman–Crippen MR) is 108 cm³/mol. The number of hydrogen-bond donors (Lipinski definition) is 0. The summed E-state index contributed by atoms with van der Waals surface area (Å²) in [6.07, 6.45) is 2.77. The Kier molecular flexibility index (Phi) is 6.14. The quantitative estimate of drug-likeness (QED) is 0.655. The number of ether oxygens (including phenoxy) is 1. The van der Waals surface area contributed by atoms with Crippen molar-refractivity contribution in [2.24, 2.45) is 0 Å². The number of allylic oxidation sites excluding steroid dienone is 1.